The predicted octanol–water partition coefficient (Wildman–Crippen LogP) is 0.724. The Morgan fingerprint density at radius 1 is 1.30 bits per heavy atom. The molecule has 0 unspecified atom stereocenters. The lowest BCUT2D eigenvalue weighted by Crippen LogP contribution is -2.59. The zero-order valence-electron chi connectivity index (χ0n) is 12.2. The van der Waals surface area contributed by atoms with E-state index in [-0.39, 0.29) is 5.84 Å². The zero-order valence-corrected chi connectivity index (χ0v) is 12.2. The minimum absolute atomic E-state index is 0.264. The van der Waals surface area contributed by atoms with Gasteiger partial charge in [0.15, 0.2) is 5.84 Å². The van der Waals surface area contributed by atoms with Crippen molar-refractivity contribution in [2.24, 2.45) is 10.9 Å². The third-order valence-corrected chi connectivity index (χ3v) is 4.05. The molecule has 0 bridgehead atoms. The molecule has 0 amide bonds. The van der Waals surface area contributed by atoms with Gasteiger partial charge in [0.05, 0.1) is 5.54 Å². The van der Waals surface area contributed by atoms with E-state index >= 15 is 0 Å². The second kappa shape index (κ2) is 6.19. The number of oxime groups is 1. The SMILES string of the molecule is CC(C)(C(N)=NO)N1CCN(Cc2ccncc2)CC1. The molecule has 0 radical (unpaired) electrons. The molecule has 1 aliphatic rings. The van der Waals surface area contributed by atoms with Crippen LogP contribution in [0.5, 0.6) is 0 Å². The summed E-state index contributed by atoms with van der Waals surface area (Å²) in [6.45, 7) is 8.69. The van der Waals surface area contributed by atoms with E-state index in [0.29, 0.717) is 0 Å². The molecule has 0 saturated carbocycles. The Balaban J connectivity index is 1.90. The third kappa shape index (κ3) is 3.26. The van der Waals surface area contributed by atoms with Crippen LogP contribution in [-0.2, 0) is 6.54 Å². The highest BCUT2D eigenvalue weighted by Crippen LogP contribution is 2.18. The molecule has 1 aromatic rings. The molecule has 2 rings (SSSR count). The molecule has 0 spiro atoms. The van der Waals surface area contributed by atoms with Crippen molar-refractivity contribution in [3.8, 4) is 0 Å². The van der Waals surface area contributed by atoms with Gasteiger partial charge in [-0.25, -0.2) is 0 Å². The Labute approximate surface area is 119 Å². The third-order valence-electron chi connectivity index (χ3n) is 4.05. The van der Waals surface area contributed by atoms with Crippen molar-refractivity contribution in [1.82, 2.24) is 14.8 Å². The Kier molecular flexibility index (Phi) is 4.57. The van der Waals surface area contributed by atoms with Gasteiger partial charge in [0.2, 0.25) is 0 Å². The maximum absolute atomic E-state index is 8.87. The smallest absolute Gasteiger partial charge is 0.159 e. The number of nitrogens with zero attached hydrogens (tertiary/aromatic N) is 4. The Bertz CT molecular complexity index is 452. The Hall–Kier alpha value is -1.66. The number of pyridine rings is 1. The largest absolute Gasteiger partial charge is 0.409 e. The van der Waals surface area contributed by atoms with Crippen LogP contribution in [0.15, 0.2) is 29.7 Å². The van der Waals surface area contributed by atoms with E-state index < -0.39 is 5.54 Å². The molecule has 6 heteroatoms. The average Bonchev–Trinajstić information content (AvgIpc) is 2.48. The number of piperazine rings is 1. The highest BCUT2D eigenvalue weighted by Gasteiger charge is 2.33. The van der Waals surface area contributed by atoms with E-state index in [1.54, 1.807) is 0 Å². The fraction of sp³-hybridized carbons (Fsp3) is 0.571. The molecule has 20 heavy (non-hydrogen) atoms. The summed E-state index contributed by atoms with van der Waals surface area (Å²) < 4.78 is 0. The van der Waals surface area contributed by atoms with E-state index in [1.165, 1.54) is 5.56 Å². The minimum atomic E-state index is -0.405. The molecule has 110 valence electrons. The summed E-state index contributed by atoms with van der Waals surface area (Å²) in [6, 6.07) is 4.10. The molecule has 1 saturated heterocycles. The number of hydrogen-bond donors (Lipinski definition) is 2. The fourth-order valence-electron chi connectivity index (χ4n) is 2.50. The van der Waals surface area contributed by atoms with Crippen molar-refractivity contribution in [2.45, 2.75) is 25.9 Å². The van der Waals surface area contributed by atoms with Crippen LogP contribution in [0, 0.1) is 0 Å². The number of amidine groups is 1. The Morgan fingerprint density at radius 2 is 1.90 bits per heavy atom. The van der Waals surface area contributed by atoms with Gasteiger partial charge in [-0.05, 0) is 31.5 Å². The molecule has 0 aliphatic carbocycles. The van der Waals surface area contributed by atoms with Gasteiger partial charge in [0, 0.05) is 45.1 Å². The predicted molar refractivity (Wildman–Crippen MR) is 78.6 cm³/mol. The highest BCUT2D eigenvalue weighted by molar-refractivity contribution is 5.88. The molecule has 1 aromatic heterocycles. The second-order valence-electron chi connectivity index (χ2n) is 5.66. The molecule has 0 atom stereocenters. The van der Waals surface area contributed by atoms with Crippen molar-refractivity contribution < 1.29 is 5.21 Å². The van der Waals surface area contributed by atoms with Crippen molar-refractivity contribution in [1.29, 1.82) is 0 Å². The van der Waals surface area contributed by atoms with Gasteiger partial charge < -0.3 is 10.9 Å². The lowest BCUT2D eigenvalue weighted by atomic mass is 10.00. The normalized spacial score (nSPS) is 19.2. The maximum Gasteiger partial charge on any atom is 0.159 e. The van der Waals surface area contributed by atoms with Crippen molar-refractivity contribution in [2.75, 3.05) is 26.2 Å². The fourth-order valence-corrected chi connectivity index (χ4v) is 2.50. The van der Waals surface area contributed by atoms with Gasteiger partial charge in [-0.15, -0.1) is 0 Å². The molecule has 6 nitrogen and oxygen atoms in total. The van der Waals surface area contributed by atoms with Crippen LogP contribution in [0.25, 0.3) is 0 Å². The van der Waals surface area contributed by atoms with Crippen LogP contribution in [0.3, 0.4) is 0 Å². The Morgan fingerprint density at radius 3 is 2.45 bits per heavy atom. The molecule has 3 N–H and O–H groups in total. The van der Waals surface area contributed by atoms with E-state index in [1.807, 2.05) is 38.4 Å². The van der Waals surface area contributed by atoms with Gasteiger partial charge in [-0.3, -0.25) is 14.8 Å². The molecule has 1 fully saturated rings. The molecule has 0 aromatic carbocycles. The molecule has 1 aliphatic heterocycles. The van der Waals surface area contributed by atoms with Crippen LogP contribution >= 0.6 is 0 Å². The van der Waals surface area contributed by atoms with Crippen molar-refractivity contribution in [3.05, 3.63) is 30.1 Å². The van der Waals surface area contributed by atoms with E-state index in [9.17, 15) is 0 Å². The minimum Gasteiger partial charge on any atom is -0.409 e. The van der Waals surface area contributed by atoms with Crippen LogP contribution in [0.1, 0.15) is 19.4 Å². The first-order valence-corrected chi connectivity index (χ1v) is 6.88. The second-order valence-corrected chi connectivity index (χ2v) is 5.66. The number of aromatic nitrogens is 1. The van der Waals surface area contributed by atoms with Gasteiger partial charge in [0.25, 0.3) is 0 Å². The lowest BCUT2D eigenvalue weighted by molar-refractivity contribution is 0.0794. The summed E-state index contributed by atoms with van der Waals surface area (Å²) in [5.74, 6) is 0.264. The summed E-state index contributed by atoms with van der Waals surface area (Å²) in [6.07, 6.45) is 3.65. The van der Waals surface area contributed by atoms with Gasteiger partial charge in [-0.2, -0.15) is 0 Å². The number of hydrogen-bond acceptors (Lipinski definition) is 5. The van der Waals surface area contributed by atoms with E-state index in [2.05, 4.69) is 19.9 Å². The summed E-state index contributed by atoms with van der Waals surface area (Å²) in [5.41, 5.74) is 6.65. The van der Waals surface area contributed by atoms with Gasteiger partial charge >= 0.3 is 0 Å². The van der Waals surface area contributed by atoms with Gasteiger partial charge in [0.1, 0.15) is 0 Å². The first kappa shape index (κ1) is 14.7. The summed E-state index contributed by atoms with van der Waals surface area (Å²) in [4.78, 5) is 8.70. The first-order valence-electron chi connectivity index (χ1n) is 6.88. The van der Waals surface area contributed by atoms with Crippen LogP contribution in [0.4, 0.5) is 0 Å². The number of rotatable bonds is 4. The lowest BCUT2D eigenvalue weighted by Gasteiger charge is -2.43. The van der Waals surface area contributed by atoms with Crippen LogP contribution in [0.2, 0.25) is 0 Å². The number of nitrogens with two attached hydrogens (primary N) is 1. The molecular weight excluding hydrogens is 254 g/mol. The monoisotopic (exact) mass is 277 g/mol. The van der Waals surface area contributed by atoms with Crippen LogP contribution < -0.4 is 5.73 Å². The highest BCUT2D eigenvalue weighted by atomic mass is 16.4. The first-order chi connectivity index (χ1) is 9.54. The molecular formula is C14H23N5O. The quantitative estimate of drug-likeness (QED) is 0.367. The summed E-state index contributed by atoms with van der Waals surface area (Å²) in [5, 5.41) is 12.0. The average molecular weight is 277 g/mol. The maximum atomic E-state index is 8.87. The van der Waals surface area contributed by atoms with Crippen molar-refractivity contribution in [3.63, 3.8) is 0 Å². The summed E-state index contributed by atoms with van der Waals surface area (Å²) >= 11 is 0. The molecule has 2 heterocycles. The zero-order chi connectivity index (χ0) is 14.6. The summed E-state index contributed by atoms with van der Waals surface area (Å²) in [7, 11) is 0. The van der Waals surface area contributed by atoms with Crippen molar-refractivity contribution >= 4 is 5.84 Å². The van der Waals surface area contributed by atoms with E-state index in [0.717, 1.165) is 32.7 Å². The van der Waals surface area contributed by atoms with Gasteiger partial charge in [-0.1, -0.05) is 5.16 Å². The van der Waals surface area contributed by atoms with E-state index in [4.69, 9.17) is 10.9 Å². The topological polar surface area (TPSA) is 78.0 Å². The standard InChI is InChI=1S/C14H23N5O/c1-14(2,13(15)17-20)19-9-7-18(8-10-19)11-12-3-5-16-6-4-12/h3-6,20H,7-11H2,1-2H3,(H2,15,17). The van der Waals surface area contributed by atoms with Crippen LogP contribution in [-0.4, -0.2) is 57.5 Å².